The molecule has 1 aromatic rings. The summed E-state index contributed by atoms with van der Waals surface area (Å²) >= 11 is 0. The number of nitrogens with one attached hydrogen (secondary N) is 1. The normalized spacial score (nSPS) is 15.4. The van der Waals surface area contributed by atoms with E-state index >= 15 is 0 Å². The first-order valence-electron chi connectivity index (χ1n) is 5.13. The molecule has 0 spiro atoms. The summed E-state index contributed by atoms with van der Waals surface area (Å²) in [6, 6.07) is 4.72. The smallest absolute Gasteiger partial charge is 0.241 e. The lowest BCUT2D eigenvalue weighted by Gasteiger charge is -2.19. The average Bonchev–Trinajstić information content (AvgIpc) is 2.28. The number of hydrogen-bond acceptors (Lipinski definition) is 4. The molecule has 16 heavy (non-hydrogen) atoms. The van der Waals surface area contributed by atoms with Crippen LogP contribution in [0.5, 0.6) is 11.5 Å². The van der Waals surface area contributed by atoms with Crippen molar-refractivity contribution < 1.29 is 14.3 Å². The number of rotatable bonds is 2. The van der Waals surface area contributed by atoms with Gasteiger partial charge in [0.15, 0.2) is 11.5 Å². The molecule has 5 nitrogen and oxygen atoms in total. The van der Waals surface area contributed by atoms with Gasteiger partial charge in [-0.1, -0.05) is 0 Å². The highest BCUT2D eigenvalue weighted by Gasteiger charge is 2.13. The van der Waals surface area contributed by atoms with Gasteiger partial charge in [-0.05, 0) is 19.1 Å². The Morgan fingerprint density at radius 3 is 2.75 bits per heavy atom. The number of fused-ring (bicyclic) bond motifs is 1. The minimum atomic E-state index is -0.534. The van der Waals surface area contributed by atoms with E-state index in [0.717, 1.165) is 0 Å². The summed E-state index contributed by atoms with van der Waals surface area (Å²) in [6.07, 6.45) is 0. The first kappa shape index (κ1) is 10.8. The van der Waals surface area contributed by atoms with Crippen LogP contribution in [0.3, 0.4) is 0 Å². The lowest BCUT2D eigenvalue weighted by Crippen LogP contribution is -2.32. The predicted molar refractivity (Wildman–Crippen MR) is 59.7 cm³/mol. The second-order valence-electron chi connectivity index (χ2n) is 3.64. The molecule has 0 saturated carbocycles. The number of anilines is 1. The maximum absolute atomic E-state index is 11.4. The van der Waals surface area contributed by atoms with E-state index < -0.39 is 6.04 Å². The second kappa shape index (κ2) is 4.40. The van der Waals surface area contributed by atoms with Gasteiger partial charge in [-0.2, -0.15) is 0 Å². The molecule has 2 rings (SSSR count). The van der Waals surface area contributed by atoms with E-state index in [4.69, 9.17) is 15.2 Å². The van der Waals surface area contributed by atoms with Gasteiger partial charge >= 0.3 is 0 Å². The van der Waals surface area contributed by atoms with E-state index in [-0.39, 0.29) is 5.91 Å². The number of amides is 1. The van der Waals surface area contributed by atoms with Crippen molar-refractivity contribution in [3.05, 3.63) is 18.2 Å². The van der Waals surface area contributed by atoms with E-state index in [1.165, 1.54) is 0 Å². The molecule has 86 valence electrons. The third kappa shape index (κ3) is 2.25. The number of benzene rings is 1. The Balaban J connectivity index is 2.14. The van der Waals surface area contributed by atoms with Crippen molar-refractivity contribution in [1.29, 1.82) is 0 Å². The molecule has 1 atom stereocenters. The fraction of sp³-hybridized carbons (Fsp3) is 0.364. The Hall–Kier alpha value is -1.75. The zero-order valence-corrected chi connectivity index (χ0v) is 9.03. The summed E-state index contributed by atoms with van der Waals surface area (Å²) in [6.45, 7) is 2.71. The molecule has 5 heteroatoms. The van der Waals surface area contributed by atoms with Gasteiger partial charge in [0.2, 0.25) is 5.91 Å². The third-order valence-electron chi connectivity index (χ3n) is 2.22. The largest absolute Gasteiger partial charge is 0.486 e. The lowest BCUT2D eigenvalue weighted by atomic mass is 10.2. The van der Waals surface area contributed by atoms with Crippen LogP contribution in [-0.2, 0) is 4.79 Å². The molecule has 1 aromatic carbocycles. The molecule has 0 aromatic heterocycles. The summed E-state index contributed by atoms with van der Waals surface area (Å²) in [5, 5.41) is 2.69. The van der Waals surface area contributed by atoms with Crippen LogP contribution in [0.25, 0.3) is 0 Å². The summed E-state index contributed by atoms with van der Waals surface area (Å²) in [7, 11) is 0. The highest BCUT2D eigenvalue weighted by molar-refractivity contribution is 5.94. The van der Waals surface area contributed by atoms with E-state index in [0.29, 0.717) is 30.4 Å². The van der Waals surface area contributed by atoms with Gasteiger partial charge in [-0.25, -0.2) is 0 Å². The van der Waals surface area contributed by atoms with Gasteiger partial charge in [0, 0.05) is 11.8 Å². The molecule has 0 radical (unpaired) electrons. The summed E-state index contributed by atoms with van der Waals surface area (Å²) in [5.74, 6) is 1.12. The number of nitrogens with two attached hydrogens (primary N) is 1. The van der Waals surface area contributed by atoms with Crippen LogP contribution in [-0.4, -0.2) is 25.2 Å². The molecule has 0 unspecified atom stereocenters. The molecule has 0 aliphatic carbocycles. The second-order valence-corrected chi connectivity index (χ2v) is 3.64. The monoisotopic (exact) mass is 222 g/mol. The molecule has 1 amide bonds. The number of ether oxygens (including phenoxy) is 2. The van der Waals surface area contributed by atoms with Crippen LogP contribution < -0.4 is 20.5 Å². The van der Waals surface area contributed by atoms with Gasteiger partial charge in [-0.3, -0.25) is 4.79 Å². The number of carbonyl (C=O) groups excluding carboxylic acids is 1. The zero-order valence-electron chi connectivity index (χ0n) is 9.03. The van der Waals surface area contributed by atoms with Crippen LogP contribution in [0.4, 0.5) is 5.69 Å². The highest BCUT2D eigenvalue weighted by atomic mass is 16.6. The van der Waals surface area contributed by atoms with Gasteiger partial charge in [0.1, 0.15) is 13.2 Å². The molecule has 0 saturated heterocycles. The van der Waals surface area contributed by atoms with E-state index in [2.05, 4.69) is 5.32 Å². The Kier molecular flexibility index (Phi) is 2.96. The molecular formula is C11H14N2O3. The van der Waals surface area contributed by atoms with Crippen LogP contribution in [0.1, 0.15) is 6.92 Å². The van der Waals surface area contributed by atoms with Crippen molar-refractivity contribution in [1.82, 2.24) is 0 Å². The molecule has 1 aliphatic heterocycles. The van der Waals surface area contributed by atoms with Crippen molar-refractivity contribution >= 4 is 11.6 Å². The minimum absolute atomic E-state index is 0.225. The Labute approximate surface area is 93.5 Å². The lowest BCUT2D eigenvalue weighted by molar-refractivity contribution is -0.117. The summed E-state index contributed by atoms with van der Waals surface area (Å²) in [5.41, 5.74) is 6.11. The maximum Gasteiger partial charge on any atom is 0.241 e. The van der Waals surface area contributed by atoms with Gasteiger partial charge in [0.25, 0.3) is 0 Å². The highest BCUT2D eigenvalue weighted by Crippen LogP contribution is 2.32. The maximum atomic E-state index is 11.4. The van der Waals surface area contributed by atoms with Crippen LogP contribution >= 0.6 is 0 Å². The predicted octanol–water partition coefficient (Wildman–Crippen LogP) is 0.743. The molecule has 0 fully saturated rings. The standard InChI is InChI=1S/C11H14N2O3/c1-7(12)11(14)13-8-2-3-9-10(6-8)16-5-4-15-9/h2-3,6-7H,4-5,12H2,1H3,(H,13,14)/t7-/m0/s1. The number of hydrogen-bond donors (Lipinski definition) is 2. The fourth-order valence-electron chi connectivity index (χ4n) is 1.38. The van der Waals surface area contributed by atoms with Crippen LogP contribution in [0, 0.1) is 0 Å². The molecule has 0 bridgehead atoms. The Bertz CT molecular complexity index is 404. The fourth-order valence-corrected chi connectivity index (χ4v) is 1.38. The van der Waals surface area contributed by atoms with Crippen LogP contribution in [0.2, 0.25) is 0 Å². The van der Waals surface area contributed by atoms with E-state index in [1.807, 2.05) is 0 Å². The molecular weight excluding hydrogens is 208 g/mol. The van der Waals surface area contributed by atoms with E-state index in [1.54, 1.807) is 25.1 Å². The van der Waals surface area contributed by atoms with Crippen LogP contribution in [0.15, 0.2) is 18.2 Å². The summed E-state index contributed by atoms with van der Waals surface area (Å²) in [4.78, 5) is 11.4. The van der Waals surface area contributed by atoms with Gasteiger partial charge < -0.3 is 20.5 Å². The average molecular weight is 222 g/mol. The summed E-state index contributed by atoms with van der Waals surface area (Å²) < 4.78 is 10.8. The van der Waals surface area contributed by atoms with Crippen molar-refractivity contribution in [3.63, 3.8) is 0 Å². The molecule has 1 aliphatic rings. The van der Waals surface area contributed by atoms with Gasteiger partial charge in [-0.15, -0.1) is 0 Å². The topological polar surface area (TPSA) is 73.6 Å². The quantitative estimate of drug-likeness (QED) is 0.774. The van der Waals surface area contributed by atoms with Crippen molar-refractivity contribution in [2.24, 2.45) is 5.73 Å². The van der Waals surface area contributed by atoms with Crippen molar-refractivity contribution in [3.8, 4) is 11.5 Å². The zero-order chi connectivity index (χ0) is 11.5. The molecule has 3 N–H and O–H groups in total. The number of carbonyl (C=O) groups is 1. The SMILES string of the molecule is C[C@H](N)C(=O)Nc1ccc2c(c1)OCCO2. The van der Waals surface area contributed by atoms with Crippen molar-refractivity contribution in [2.75, 3.05) is 18.5 Å². The third-order valence-corrected chi connectivity index (χ3v) is 2.22. The Morgan fingerprint density at radius 1 is 1.38 bits per heavy atom. The Morgan fingerprint density at radius 2 is 2.06 bits per heavy atom. The first-order chi connectivity index (χ1) is 7.66. The van der Waals surface area contributed by atoms with Gasteiger partial charge in [0.05, 0.1) is 6.04 Å². The molecule has 1 heterocycles. The minimum Gasteiger partial charge on any atom is -0.486 e. The van der Waals surface area contributed by atoms with E-state index in [9.17, 15) is 4.79 Å². The van der Waals surface area contributed by atoms with Crippen molar-refractivity contribution in [2.45, 2.75) is 13.0 Å². The first-order valence-corrected chi connectivity index (χ1v) is 5.13.